The third-order valence-corrected chi connectivity index (χ3v) is 4.41. The molecule has 0 saturated heterocycles. The number of ether oxygens (including phenoxy) is 4. The van der Waals surface area contributed by atoms with Crippen LogP contribution in [0.1, 0.15) is 49.9 Å². The van der Waals surface area contributed by atoms with Crippen molar-refractivity contribution in [3.05, 3.63) is 17.7 Å². The summed E-state index contributed by atoms with van der Waals surface area (Å²) in [5.41, 5.74) is 0.458. The van der Waals surface area contributed by atoms with E-state index in [1.54, 1.807) is 12.1 Å². The maximum Gasteiger partial charge on any atom is 0.302 e. The second-order valence-corrected chi connectivity index (χ2v) is 6.31. The van der Waals surface area contributed by atoms with E-state index in [0.717, 1.165) is 25.7 Å². The standard InChI is InChI=1S/C19H26O6/c1-12(20)16-8-9-17(19(23-4)18(16)22-3)24-11-14-6-5-7-15(10-14)25-13(2)21/h8-9,14-15H,5-7,10-11H2,1-4H3. The smallest absolute Gasteiger partial charge is 0.302 e. The van der Waals surface area contributed by atoms with Crippen LogP contribution in [0.4, 0.5) is 0 Å². The summed E-state index contributed by atoms with van der Waals surface area (Å²) >= 11 is 0. The van der Waals surface area contributed by atoms with Crippen molar-refractivity contribution in [3.8, 4) is 17.2 Å². The lowest BCUT2D eigenvalue weighted by Crippen LogP contribution is -2.27. The van der Waals surface area contributed by atoms with E-state index in [4.69, 9.17) is 18.9 Å². The molecule has 2 unspecified atom stereocenters. The van der Waals surface area contributed by atoms with Gasteiger partial charge in [0.15, 0.2) is 17.3 Å². The number of hydrogen-bond acceptors (Lipinski definition) is 6. The van der Waals surface area contributed by atoms with E-state index in [2.05, 4.69) is 0 Å². The van der Waals surface area contributed by atoms with E-state index in [9.17, 15) is 9.59 Å². The molecule has 1 aromatic carbocycles. The summed E-state index contributed by atoms with van der Waals surface area (Å²) in [5, 5.41) is 0. The minimum atomic E-state index is -0.238. The van der Waals surface area contributed by atoms with Crippen LogP contribution in [0, 0.1) is 5.92 Å². The van der Waals surface area contributed by atoms with Crippen LogP contribution < -0.4 is 14.2 Å². The van der Waals surface area contributed by atoms with Gasteiger partial charge in [-0.05, 0) is 50.7 Å². The summed E-state index contributed by atoms with van der Waals surface area (Å²) in [6, 6.07) is 3.41. The summed E-state index contributed by atoms with van der Waals surface area (Å²) in [7, 11) is 3.02. The van der Waals surface area contributed by atoms with Gasteiger partial charge in [-0.3, -0.25) is 9.59 Å². The van der Waals surface area contributed by atoms with Crippen molar-refractivity contribution in [1.82, 2.24) is 0 Å². The van der Waals surface area contributed by atoms with Gasteiger partial charge in [0.2, 0.25) is 5.75 Å². The topological polar surface area (TPSA) is 71.1 Å². The van der Waals surface area contributed by atoms with Crippen molar-refractivity contribution in [1.29, 1.82) is 0 Å². The predicted molar refractivity (Wildman–Crippen MR) is 92.6 cm³/mol. The van der Waals surface area contributed by atoms with E-state index < -0.39 is 0 Å². The molecule has 0 aromatic heterocycles. The molecule has 1 fully saturated rings. The molecule has 0 heterocycles. The van der Waals surface area contributed by atoms with Crippen molar-refractivity contribution in [2.75, 3.05) is 20.8 Å². The molecular weight excluding hydrogens is 324 g/mol. The molecule has 1 saturated carbocycles. The zero-order valence-electron chi connectivity index (χ0n) is 15.3. The Kier molecular flexibility index (Phi) is 6.67. The molecule has 0 bridgehead atoms. The zero-order chi connectivity index (χ0) is 18.4. The number of methoxy groups -OCH3 is 2. The highest BCUT2D eigenvalue weighted by atomic mass is 16.5. The maximum absolute atomic E-state index is 11.7. The molecule has 0 aliphatic heterocycles. The number of carbonyl (C=O) groups is 2. The molecule has 0 radical (unpaired) electrons. The van der Waals surface area contributed by atoms with Gasteiger partial charge in [0.25, 0.3) is 0 Å². The highest BCUT2D eigenvalue weighted by Gasteiger charge is 2.25. The number of rotatable bonds is 7. The van der Waals surface area contributed by atoms with E-state index >= 15 is 0 Å². The van der Waals surface area contributed by atoms with Gasteiger partial charge in [-0.1, -0.05) is 0 Å². The average molecular weight is 350 g/mol. The van der Waals surface area contributed by atoms with Gasteiger partial charge in [0, 0.05) is 6.92 Å². The SMILES string of the molecule is COc1c(OCC2CCCC(OC(C)=O)C2)ccc(C(C)=O)c1OC. The summed E-state index contributed by atoms with van der Waals surface area (Å²) in [5.74, 6) is 1.31. The average Bonchev–Trinajstić information content (AvgIpc) is 2.58. The molecule has 6 heteroatoms. The van der Waals surface area contributed by atoms with E-state index in [0.29, 0.717) is 35.3 Å². The lowest BCUT2D eigenvalue weighted by atomic mass is 9.88. The van der Waals surface area contributed by atoms with E-state index in [1.165, 1.54) is 28.1 Å². The lowest BCUT2D eigenvalue weighted by Gasteiger charge is -2.28. The monoisotopic (exact) mass is 350 g/mol. The third kappa shape index (κ3) is 4.87. The second kappa shape index (κ2) is 8.74. The Labute approximate surface area is 148 Å². The normalized spacial score (nSPS) is 19.8. The third-order valence-electron chi connectivity index (χ3n) is 4.41. The molecule has 0 spiro atoms. The lowest BCUT2D eigenvalue weighted by molar-refractivity contribution is -0.148. The quantitative estimate of drug-likeness (QED) is 0.554. The molecule has 138 valence electrons. The van der Waals surface area contributed by atoms with Crippen molar-refractivity contribution in [2.45, 2.75) is 45.6 Å². The molecule has 0 amide bonds. The molecule has 2 atom stereocenters. The Morgan fingerprint density at radius 3 is 2.40 bits per heavy atom. The van der Waals surface area contributed by atoms with Crippen LogP contribution >= 0.6 is 0 Å². The van der Waals surface area contributed by atoms with Gasteiger partial charge in [-0.2, -0.15) is 0 Å². The fourth-order valence-electron chi connectivity index (χ4n) is 3.27. The first kappa shape index (κ1) is 19.1. The van der Waals surface area contributed by atoms with Crippen molar-refractivity contribution in [2.24, 2.45) is 5.92 Å². The molecule has 0 N–H and O–H groups in total. The first-order chi connectivity index (χ1) is 12.0. The van der Waals surface area contributed by atoms with Crippen LogP contribution in [0.25, 0.3) is 0 Å². The Bertz CT molecular complexity index is 625. The second-order valence-electron chi connectivity index (χ2n) is 6.31. The number of benzene rings is 1. The van der Waals surface area contributed by atoms with Gasteiger partial charge in [0.05, 0.1) is 26.4 Å². The maximum atomic E-state index is 11.7. The van der Waals surface area contributed by atoms with Crippen LogP contribution in [0.15, 0.2) is 12.1 Å². The highest BCUT2D eigenvalue weighted by Crippen LogP contribution is 2.40. The van der Waals surface area contributed by atoms with Crippen LogP contribution in [0.3, 0.4) is 0 Å². The van der Waals surface area contributed by atoms with Crippen molar-refractivity contribution in [3.63, 3.8) is 0 Å². The van der Waals surface area contributed by atoms with Crippen molar-refractivity contribution >= 4 is 11.8 Å². The van der Waals surface area contributed by atoms with Crippen LogP contribution in [-0.4, -0.2) is 38.7 Å². The van der Waals surface area contributed by atoms with Gasteiger partial charge in [-0.15, -0.1) is 0 Å². The first-order valence-electron chi connectivity index (χ1n) is 8.52. The molecule has 6 nitrogen and oxygen atoms in total. The molecule has 1 aliphatic carbocycles. The van der Waals surface area contributed by atoms with Gasteiger partial charge in [0.1, 0.15) is 6.10 Å². The zero-order valence-corrected chi connectivity index (χ0v) is 15.3. The van der Waals surface area contributed by atoms with Gasteiger partial charge >= 0.3 is 5.97 Å². The van der Waals surface area contributed by atoms with Gasteiger partial charge in [-0.25, -0.2) is 0 Å². The minimum absolute atomic E-state index is 0.0311. The number of carbonyl (C=O) groups excluding carboxylic acids is 2. The fourth-order valence-corrected chi connectivity index (χ4v) is 3.27. The molecule has 2 rings (SSSR count). The Morgan fingerprint density at radius 1 is 1.08 bits per heavy atom. The number of hydrogen-bond donors (Lipinski definition) is 0. The Hall–Kier alpha value is -2.24. The Balaban J connectivity index is 2.07. The summed E-state index contributed by atoms with van der Waals surface area (Å²) in [6.07, 6.45) is 3.71. The first-order valence-corrected chi connectivity index (χ1v) is 8.52. The summed E-state index contributed by atoms with van der Waals surface area (Å²) in [6.45, 7) is 3.42. The van der Waals surface area contributed by atoms with Crippen molar-refractivity contribution < 1.29 is 28.5 Å². The molecule has 1 aliphatic rings. The summed E-state index contributed by atoms with van der Waals surface area (Å²) < 4.78 is 22.0. The van der Waals surface area contributed by atoms with Crippen LogP contribution in [-0.2, 0) is 9.53 Å². The number of Topliss-reactive ketones (excluding diaryl/α,β-unsaturated/α-hetero) is 1. The van der Waals surface area contributed by atoms with Gasteiger partial charge < -0.3 is 18.9 Å². The Morgan fingerprint density at radius 2 is 1.80 bits per heavy atom. The minimum Gasteiger partial charge on any atom is -0.492 e. The van der Waals surface area contributed by atoms with E-state index in [-0.39, 0.29) is 17.9 Å². The highest BCUT2D eigenvalue weighted by molar-refractivity contribution is 5.98. The molecule has 1 aromatic rings. The largest absolute Gasteiger partial charge is 0.492 e. The van der Waals surface area contributed by atoms with Crippen LogP contribution in [0.2, 0.25) is 0 Å². The summed E-state index contributed by atoms with van der Waals surface area (Å²) in [4.78, 5) is 22.8. The van der Waals surface area contributed by atoms with E-state index in [1.807, 2.05) is 0 Å². The van der Waals surface area contributed by atoms with Crippen LogP contribution in [0.5, 0.6) is 17.2 Å². The fraction of sp³-hybridized carbons (Fsp3) is 0.579. The number of ketones is 1. The molecular formula is C19H26O6. The predicted octanol–water partition coefficient (Wildman–Crippen LogP) is 3.41. The number of esters is 1. The molecule has 25 heavy (non-hydrogen) atoms.